The molecule has 1 aromatic heterocycles. The molecule has 3 heterocycles. The largest absolute Gasteiger partial charge is 0.338 e. The predicted molar refractivity (Wildman–Crippen MR) is 83.2 cm³/mol. The Bertz CT molecular complexity index is 426. The van der Waals surface area contributed by atoms with E-state index in [2.05, 4.69) is 9.80 Å². The summed E-state index contributed by atoms with van der Waals surface area (Å²) in [5, 5.41) is 1.99. The van der Waals surface area contributed by atoms with E-state index >= 15 is 0 Å². The first kappa shape index (κ1) is 14.1. The summed E-state index contributed by atoms with van der Waals surface area (Å²) in [4.78, 5) is 18.0. The van der Waals surface area contributed by atoms with Gasteiger partial charge >= 0.3 is 0 Å². The second-order valence-corrected chi connectivity index (χ2v) is 7.02. The first-order chi connectivity index (χ1) is 9.83. The summed E-state index contributed by atoms with van der Waals surface area (Å²) >= 11 is 1.56. The highest BCUT2D eigenvalue weighted by Crippen LogP contribution is 2.22. The van der Waals surface area contributed by atoms with E-state index in [1.807, 2.05) is 17.5 Å². The number of carbonyl (C=O) groups is 1. The average molecular weight is 292 g/mol. The molecule has 0 aromatic carbocycles. The number of thiophene rings is 1. The van der Waals surface area contributed by atoms with Crippen molar-refractivity contribution in [2.24, 2.45) is 5.92 Å². The third-order valence-corrected chi connectivity index (χ3v) is 5.44. The summed E-state index contributed by atoms with van der Waals surface area (Å²) < 4.78 is 0. The minimum absolute atomic E-state index is 0.238. The van der Waals surface area contributed by atoms with E-state index in [9.17, 15) is 4.79 Å². The molecular weight excluding hydrogens is 268 g/mol. The highest BCUT2D eigenvalue weighted by molar-refractivity contribution is 7.12. The van der Waals surface area contributed by atoms with Crippen LogP contribution in [0, 0.1) is 5.92 Å². The summed E-state index contributed by atoms with van der Waals surface area (Å²) in [6, 6.07) is 3.91. The van der Waals surface area contributed by atoms with E-state index < -0.39 is 0 Å². The van der Waals surface area contributed by atoms with Gasteiger partial charge in [-0.25, -0.2) is 0 Å². The lowest BCUT2D eigenvalue weighted by Crippen LogP contribution is -2.32. The summed E-state index contributed by atoms with van der Waals surface area (Å²) in [6.45, 7) is 5.70. The van der Waals surface area contributed by atoms with Crippen LogP contribution in [-0.2, 0) is 0 Å². The summed E-state index contributed by atoms with van der Waals surface area (Å²) in [5.41, 5.74) is 0. The van der Waals surface area contributed by atoms with Crippen molar-refractivity contribution < 1.29 is 4.79 Å². The van der Waals surface area contributed by atoms with Crippen molar-refractivity contribution in [2.75, 3.05) is 32.7 Å². The third kappa shape index (κ3) is 3.41. The molecule has 2 fully saturated rings. The van der Waals surface area contributed by atoms with E-state index in [1.165, 1.54) is 45.3 Å². The molecule has 4 heteroatoms. The van der Waals surface area contributed by atoms with Crippen LogP contribution < -0.4 is 0 Å². The van der Waals surface area contributed by atoms with Gasteiger partial charge in [-0.2, -0.15) is 0 Å². The SMILES string of the molecule is O=C(c1cccs1)N1CCCC(CN2CCCC2)CC1. The van der Waals surface area contributed by atoms with Crippen molar-refractivity contribution in [3.8, 4) is 0 Å². The van der Waals surface area contributed by atoms with Crippen LogP contribution in [0.4, 0.5) is 0 Å². The lowest BCUT2D eigenvalue weighted by molar-refractivity contribution is 0.0764. The summed E-state index contributed by atoms with van der Waals surface area (Å²) in [7, 11) is 0. The van der Waals surface area contributed by atoms with Crippen molar-refractivity contribution in [1.29, 1.82) is 0 Å². The number of carbonyl (C=O) groups excluding carboxylic acids is 1. The number of amides is 1. The van der Waals surface area contributed by atoms with Crippen molar-refractivity contribution in [2.45, 2.75) is 32.1 Å². The van der Waals surface area contributed by atoms with Gasteiger partial charge in [-0.15, -0.1) is 11.3 Å². The van der Waals surface area contributed by atoms with Crippen LogP contribution >= 0.6 is 11.3 Å². The van der Waals surface area contributed by atoms with Crippen LogP contribution in [-0.4, -0.2) is 48.4 Å². The third-order valence-electron chi connectivity index (χ3n) is 4.58. The molecule has 0 saturated carbocycles. The van der Waals surface area contributed by atoms with Gasteiger partial charge < -0.3 is 9.80 Å². The highest BCUT2D eigenvalue weighted by Gasteiger charge is 2.24. The van der Waals surface area contributed by atoms with Crippen LogP contribution in [0.2, 0.25) is 0 Å². The monoisotopic (exact) mass is 292 g/mol. The summed E-state index contributed by atoms with van der Waals surface area (Å²) in [6.07, 6.45) is 6.36. The Hall–Kier alpha value is -0.870. The van der Waals surface area contributed by atoms with Crippen molar-refractivity contribution in [3.63, 3.8) is 0 Å². The zero-order chi connectivity index (χ0) is 13.8. The first-order valence-corrected chi connectivity index (χ1v) is 8.76. The lowest BCUT2D eigenvalue weighted by atomic mass is 10.0. The molecule has 0 bridgehead atoms. The topological polar surface area (TPSA) is 23.6 Å². The average Bonchev–Trinajstić information content (AvgIpc) is 3.10. The number of hydrogen-bond acceptors (Lipinski definition) is 3. The smallest absolute Gasteiger partial charge is 0.263 e. The van der Waals surface area contributed by atoms with Crippen molar-refractivity contribution in [3.05, 3.63) is 22.4 Å². The number of nitrogens with zero attached hydrogens (tertiary/aromatic N) is 2. The Morgan fingerprint density at radius 3 is 2.75 bits per heavy atom. The molecule has 1 unspecified atom stereocenters. The Morgan fingerprint density at radius 1 is 1.15 bits per heavy atom. The normalized spacial score (nSPS) is 24.8. The molecule has 2 aliphatic heterocycles. The van der Waals surface area contributed by atoms with Crippen LogP contribution in [0.15, 0.2) is 17.5 Å². The Morgan fingerprint density at radius 2 is 2.00 bits per heavy atom. The van der Waals surface area contributed by atoms with E-state index in [4.69, 9.17) is 0 Å². The minimum atomic E-state index is 0.238. The number of likely N-dealkylation sites (tertiary alicyclic amines) is 2. The molecule has 20 heavy (non-hydrogen) atoms. The van der Waals surface area contributed by atoms with Crippen LogP contribution in [0.25, 0.3) is 0 Å². The Labute approximate surface area is 125 Å². The highest BCUT2D eigenvalue weighted by atomic mass is 32.1. The van der Waals surface area contributed by atoms with Crippen LogP contribution in [0.3, 0.4) is 0 Å². The van der Waals surface area contributed by atoms with Gasteiger partial charge in [0.25, 0.3) is 5.91 Å². The molecule has 2 aliphatic rings. The van der Waals surface area contributed by atoms with Gasteiger partial charge in [-0.05, 0) is 62.6 Å². The molecule has 1 amide bonds. The number of rotatable bonds is 3. The maximum absolute atomic E-state index is 12.4. The van der Waals surface area contributed by atoms with Crippen molar-refractivity contribution in [1.82, 2.24) is 9.80 Å². The summed E-state index contributed by atoms with van der Waals surface area (Å²) in [5.74, 6) is 1.02. The van der Waals surface area contributed by atoms with E-state index in [0.29, 0.717) is 0 Å². The van der Waals surface area contributed by atoms with Gasteiger partial charge in [-0.3, -0.25) is 4.79 Å². The van der Waals surface area contributed by atoms with E-state index in [-0.39, 0.29) is 5.91 Å². The molecule has 3 rings (SSSR count). The van der Waals surface area contributed by atoms with Gasteiger partial charge in [-0.1, -0.05) is 6.07 Å². The zero-order valence-electron chi connectivity index (χ0n) is 12.1. The predicted octanol–water partition coefficient (Wildman–Crippen LogP) is 3.09. The molecule has 0 radical (unpaired) electrons. The fourth-order valence-electron chi connectivity index (χ4n) is 3.44. The quantitative estimate of drug-likeness (QED) is 0.855. The maximum Gasteiger partial charge on any atom is 0.263 e. The zero-order valence-corrected chi connectivity index (χ0v) is 12.9. The Balaban J connectivity index is 1.52. The fraction of sp³-hybridized carbons (Fsp3) is 0.688. The molecule has 0 N–H and O–H groups in total. The lowest BCUT2D eigenvalue weighted by Gasteiger charge is -2.22. The molecule has 1 aromatic rings. The van der Waals surface area contributed by atoms with Crippen LogP contribution in [0.5, 0.6) is 0 Å². The molecule has 3 nitrogen and oxygen atoms in total. The van der Waals surface area contributed by atoms with Gasteiger partial charge in [0.05, 0.1) is 4.88 Å². The van der Waals surface area contributed by atoms with Gasteiger partial charge in [0.1, 0.15) is 0 Å². The molecular formula is C16H24N2OS. The van der Waals surface area contributed by atoms with Gasteiger partial charge in [0.2, 0.25) is 0 Å². The molecule has 2 saturated heterocycles. The molecule has 0 aliphatic carbocycles. The Kier molecular flexibility index (Phi) is 4.73. The molecule has 0 spiro atoms. The standard InChI is InChI=1S/C16H24N2OS/c19-16(15-6-4-12-20-15)18-10-3-5-14(7-11-18)13-17-8-1-2-9-17/h4,6,12,14H,1-3,5,7-11,13H2. The van der Waals surface area contributed by atoms with Gasteiger partial charge in [0, 0.05) is 19.6 Å². The second-order valence-electron chi connectivity index (χ2n) is 6.07. The molecule has 1 atom stereocenters. The fourth-order valence-corrected chi connectivity index (χ4v) is 4.13. The van der Waals surface area contributed by atoms with E-state index in [1.54, 1.807) is 11.3 Å². The van der Waals surface area contributed by atoms with E-state index in [0.717, 1.165) is 30.3 Å². The maximum atomic E-state index is 12.4. The minimum Gasteiger partial charge on any atom is -0.338 e. The first-order valence-electron chi connectivity index (χ1n) is 7.88. The van der Waals surface area contributed by atoms with Crippen LogP contribution in [0.1, 0.15) is 41.8 Å². The van der Waals surface area contributed by atoms with Crippen molar-refractivity contribution >= 4 is 17.2 Å². The molecule has 110 valence electrons. The number of hydrogen-bond donors (Lipinski definition) is 0. The van der Waals surface area contributed by atoms with Gasteiger partial charge in [0.15, 0.2) is 0 Å². The second kappa shape index (κ2) is 6.72.